The number of carbonyl (C=O) groups excluding carboxylic acids is 1. The summed E-state index contributed by atoms with van der Waals surface area (Å²) in [7, 11) is 0. The van der Waals surface area contributed by atoms with Crippen LogP contribution < -0.4 is 4.90 Å². The fourth-order valence-electron chi connectivity index (χ4n) is 2.83. The van der Waals surface area contributed by atoms with E-state index in [9.17, 15) is 18.0 Å². The molecule has 1 aliphatic heterocycles. The second kappa shape index (κ2) is 8.57. The number of halogens is 3. The molecule has 1 fully saturated rings. The lowest BCUT2D eigenvalue weighted by atomic mass is 10.3. The van der Waals surface area contributed by atoms with Gasteiger partial charge >= 0.3 is 6.18 Å². The van der Waals surface area contributed by atoms with Crippen LogP contribution in [0.3, 0.4) is 0 Å². The van der Waals surface area contributed by atoms with E-state index in [1.54, 1.807) is 22.4 Å². The number of rotatable bonds is 5. The highest BCUT2D eigenvalue weighted by atomic mass is 32.2. The Bertz CT molecular complexity index is 775. The molecule has 1 amide bonds. The van der Waals surface area contributed by atoms with E-state index in [-0.39, 0.29) is 22.5 Å². The number of nitrogens with zero attached hydrogens (tertiary/aromatic N) is 3. The molecule has 2 aromatic rings. The Morgan fingerprint density at radius 1 is 1.33 bits per heavy atom. The molecule has 27 heavy (non-hydrogen) atoms. The van der Waals surface area contributed by atoms with Gasteiger partial charge in [0.15, 0.2) is 5.16 Å². The lowest BCUT2D eigenvalue weighted by molar-refractivity contribution is -0.902. The predicted octanol–water partition coefficient (Wildman–Crippen LogP) is 2.06. The quantitative estimate of drug-likeness (QED) is 0.598. The van der Waals surface area contributed by atoms with Crippen LogP contribution >= 0.6 is 23.1 Å². The largest absolute Gasteiger partial charge is 0.433 e. The zero-order valence-corrected chi connectivity index (χ0v) is 16.4. The van der Waals surface area contributed by atoms with E-state index in [0.717, 1.165) is 37.5 Å². The number of nitrogens with one attached hydrogen (secondary N) is 1. The average Bonchev–Trinajstić information content (AvgIpc) is 3.20. The first-order valence-electron chi connectivity index (χ1n) is 8.61. The summed E-state index contributed by atoms with van der Waals surface area (Å²) in [6.07, 6.45) is -4.56. The summed E-state index contributed by atoms with van der Waals surface area (Å²) in [6, 6.07) is 4.41. The third-order valence-corrected chi connectivity index (χ3v) is 6.14. The number of piperazine rings is 1. The number of carbonyl (C=O) groups is 1. The van der Waals surface area contributed by atoms with Crippen LogP contribution in [0.2, 0.25) is 0 Å². The molecule has 1 aliphatic rings. The predicted molar refractivity (Wildman–Crippen MR) is 98.9 cm³/mol. The highest BCUT2D eigenvalue weighted by molar-refractivity contribution is 7.99. The van der Waals surface area contributed by atoms with Crippen molar-refractivity contribution >= 4 is 29.0 Å². The van der Waals surface area contributed by atoms with Crippen LogP contribution in [0.1, 0.15) is 12.6 Å². The van der Waals surface area contributed by atoms with Crippen molar-refractivity contribution in [3.63, 3.8) is 0 Å². The van der Waals surface area contributed by atoms with Crippen LogP contribution in [0.5, 0.6) is 0 Å². The molecule has 0 bridgehead atoms. The third kappa shape index (κ3) is 5.20. The molecule has 0 aliphatic carbocycles. The lowest BCUT2D eigenvalue weighted by Gasteiger charge is -2.31. The standard InChI is InChI=1S/C17H19F3N4OS2/c1-2-23-5-7-24(8-6-23)15(25)11-27-16-21-12(13-4-3-9-26-13)10-14(22-16)17(18,19)20/h3-4,9-10H,2,5-8,11H2,1H3/p+1. The lowest BCUT2D eigenvalue weighted by Crippen LogP contribution is -3.14. The number of quaternary nitrogens is 1. The second-order valence-electron chi connectivity index (χ2n) is 6.17. The van der Waals surface area contributed by atoms with Crippen molar-refractivity contribution in [2.45, 2.75) is 18.3 Å². The monoisotopic (exact) mass is 417 g/mol. The Kier molecular flexibility index (Phi) is 6.38. The van der Waals surface area contributed by atoms with Crippen LogP contribution in [0.4, 0.5) is 13.2 Å². The maximum atomic E-state index is 13.2. The van der Waals surface area contributed by atoms with Crippen molar-refractivity contribution in [3.8, 4) is 10.6 Å². The number of alkyl halides is 3. The van der Waals surface area contributed by atoms with E-state index in [4.69, 9.17) is 0 Å². The maximum absolute atomic E-state index is 13.2. The third-order valence-electron chi connectivity index (χ3n) is 4.42. The molecule has 0 unspecified atom stereocenters. The Labute approximate surface area is 163 Å². The van der Waals surface area contributed by atoms with E-state index in [0.29, 0.717) is 18.0 Å². The van der Waals surface area contributed by atoms with Crippen molar-refractivity contribution in [1.29, 1.82) is 0 Å². The Balaban J connectivity index is 1.70. The van der Waals surface area contributed by atoms with Gasteiger partial charge in [-0.05, 0) is 24.4 Å². The highest BCUT2D eigenvalue weighted by Gasteiger charge is 2.34. The number of hydrogen-bond donors (Lipinski definition) is 1. The molecule has 0 aromatic carbocycles. The minimum absolute atomic E-state index is 0.0283. The Morgan fingerprint density at radius 2 is 2.07 bits per heavy atom. The molecule has 10 heteroatoms. The number of hydrogen-bond acceptors (Lipinski definition) is 5. The molecule has 0 spiro atoms. The van der Waals surface area contributed by atoms with Crippen LogP contribution in [0.15, 0.2) is 28.7 Å². The molecule has 0 atom stereocenters. The van der Waals surface area contributed by atoms with Gasteiger partial charge in [0, 0.05) is 0 Å². The number of thioether (sulfide) groups is 1. The molecular weight excluding hydrogens is 397 g/mol. The minimum Gasteiger partial charge on any atom is -0.332 e. The highest BCUT2D eigenvalue weighted by Crippen LogP contribution is 2.33. The molecule has 5 nitrogen and oxygen atoms in total. The smallest absolute Gasteiger partial charge is 0.332 e. The number of aromatic nitrogens is 2. The first kappa shape index (κ1) is 20.1. The van der Waals surface area contributed by atoms with E-state index >= 15 is 0 Å². The molecule has 0 saturated carbocycles. The van der Waals surface area contributed by atoms with Gasteiger partial charge in [0.25, 0.3) is 0 Å². The Hall–Kier alpha value is -1.65. The number of amides is 1. The SMILES string of the molecule is CC[NH+]1CCN(C(=O)CSc2nc(-c3cccs3)cc(C(F)(F)F)n2)CC1. The minimum atomic E-state index is -4.56. The molecule has 1 saturated heterocycles. The van der Waals surface area contributed by atoms with Gasteiger partial charge in [0.1, 0.15) is 5.69 Å². The van der Waals surface area contributed by atoms with Crippen LogP contribution in [-0.2, 0) is 11.0 Å². The maximum Gasteiger partial charge on any atom is 0.433 e. The molecule has 146 valence electrons. The summed E-state index contributed by atoms with van der Waals surface area (Å²) in [4.78, 5) is 24.1. The van der Waals surface area contributed by atoms with Gasteiger partial charge in [0.2, 0.25) is 5.91 Å². The second-order valence-corrected chi connectivity index (χ2v) is 8.06. The van der Waals surface area contributed by atoms with E-state index in [1.165, 1.54) is 16.2 Å². The molecule has 1 N–H and O–H groups in total. The van der Waals surface area contributed by atoms with Gasteiger partial charge in [-0.1, -0.05) is 17.8 Å². The molecular formula is C17H20F3N4OS2+. The van der Waals surface area contributed by atoms with E-state index < -0.39 is 11.9 Å². The van der Waals surface area contributed by atoms with Crippen LogP contribution in [-0.4, -0.2) is 59.3 Å². The zero-order valence-electron chi connectivity index (χ0n) is 14.8. The topological polar surface area (TPSA) is 50.5 Å². The van der Waals surface area contributed by atoms with Gasteiger partial charge in [-0.2, -0.15) is 13.2 Å². The summed E-state index contributed by atoms with van der Waals surface area (Å²) >= 11 is 2.26. The summed E-state index contributed by atoms with van der Waals surface area (Å²) in [5.74, 6) is -0.0547. The summed E-state index contributed by atoms with van der Waals surface area (Å²) in [5.41, 5.74) is -0.765. The van der Waals surface area contributed by atoms with Gasteiger partial charge < -0.3 is 9.80 Å². The molecule has 0 radical (unpaired) electrons. The summed E-state index contributed by atoms with van der Waals surface area (Å²) < 4.78 is 39.5. The van der Waals surface area contributed by atoms with Gasteiger partial charge in [0.05, 0.1) is 49.0 Å². The number of likely N-dealkylation sites (N-methyl/N-ethyl adjacent to an activating group) is 1. The van der Waals surface area contributed by atoms with E-state index in [2.05, 4.69) is 16.9 Å². The fourth-order valence-corrected chi connectivity index (χ4v) is 4.28. The average molecular weight is 418 g/mol. The molecule has 2 aromatic heterocycles. The van der Waals surface area contributed by atoms with Gasteiger partial charge in [-0.3, -0.25) is 4.79 Å². The van der Waals surface area contributed by atoms with Gasteiger partial charge in [-0.15, -0.1) is 11.3 Å². The van der Waals surface area contributed by atoms with Crippen molar-refractivity contribution < 1.29 is 22.9 Å². The molecule has 3 rings (SSSR count). The normalized spacial score (nSPS) is 15.9. The van der Waals surface area contributed by atoms with E-state index in [1.807, 2.05) is 0 Å². The molecule has 3 heterocycles. The zero-order chi connectivity index (χ0) is 19.4. The number of thiophene rings is 1. The van der Waals surface area contributed by atoms with Gasteiger partial charge in [-0.25, -0.2) is 9.97 Å². The van der Waals surface area contributed by atoms with Crippen LogP contribution in [0.25, 0.3) is 10.6 Å². The van der Waals surface area contributed by atoms with Crippen molar-refractivity contribution in [2.24, 2.45) is 0 Å². The Morgan fingerprint density at radius 3 is 2.67 bits per heavy atom. The fraction of sp³-hybridized carbons (Fsp3) is 0.471. The van der Waals surface area contributed by atoms with Crippen molar-refractivity contribution in [1.82, 2.24) is 14.9 Å². The first-order chi connectivity index (χ1) is 12.9. The van der Waals surface area contributed by atoms with Crippen molar-refractivity contribution in [2.75, 3.05) is 38.5 Å². The first-order valence-corrected chi connectivity index (χ1v) is 10.5. The summed E-state index contributed by atoms with van der Waals surface area (Å²) in [6.45, 7) is 6.28. The summed E-state index contributed by atoms with van der Waals surface area (Å²) in [5, 5.41) is 1.75. The van der Waals surface area contributed by atoms with Crippen molar-refractivity contribution in [3.05, 3.63) is 29.3 Å². The van der Waals surface area contributed by atoms with Crippen LogP contribution in [0, 0.1) is 0 Å².